The molecule has 0 heterocycles. The summed E-state index contributed by atoms with van der Waals surface area (Å²) in [5, 5.41) is 0. The van der Waals surface area contributed by atoms with E-state index in [1.54, 1.807) is 0 Å². The van der Waals surface area contributed by atoms with Crippen LogP contribution in [0.2, 0.25) is 0 Å². The van der Waals surface area contributed by atoms with Crippen molar-refractivity contribution in [1.29, 1.82) is 0 Å². The van der Waals surface area contributed by atoms with Crippen LogP contribution in [0.15, 0.2) is 0 Å². The van der Waals surface area contributed by atoms with Crippen molar-refractivity contribution in [3.05, 3.63) is 6.42 Å². The molecule has 0 amide bonds. The van der Waals surface area contributed by atoms with Gasteiger partial charge in [-0.1, -0.05) is 91.4 Å². The first kappa shape index (κ1) is 20.3. The van der Waals surface area contributed by atoms with Gasteiger partial charge in [0.15, 0.2) is 0 Å². The van der Waals surface area contributed by atoms with Gasteiger partial charge in [-0.15, -0.1) is 0 Å². The summed E-state index contributed by atoms with van der Waals surface area (Å²) in [7, 11) is 0. The molecular weight excluding hydrogens is 215 g/mol. The first-order valence-electron chi connectivity index (χ1n) is 7.59. The first-order valence-corrected chi connectivity index (χ1v) is 7.59. The van der Waals surface area contributed by atoms with E-state index < -0.39 is 0 Å². The third-order valence-corrected chi connectivity index (χ3v) is 3.20. The molecule has 0 rings (SSSR count). The topological polar surface area (TPSA) is 0 Å². The fraction of sp³-hybridized carbons (Fsp3) is 0.938. The predicted octanol–water partition coefficient (Wildman–Crippen LogP) is 5.51. The molecule has 0 unspecified atom stereocenters. The average molecular weight is 249 g/mol. The van der Waals surface area contributed by atoms with E-state index in [1.807, 2.05) is 0 Å². The van der Waals surface area contributed by atoms with Crippen molar-refractivity contribution in [2.45, 2.75) is 91.4 Å². The first-order chi connectivity index (χ1) is 7.77. The molecule has 0 aromatic carbocycles. The van der Waals surface area contributed by atoms with Crippen molar-refractivity contribution in [3.63, 3.8) is 0 Å². The molecule has 0 aromatic rings. The van der Waals surface area contributed by atoms with Crippen LogP contribution in [-0.4, -0.2) is 29.6 Å². The van der Waals surface area contributed by atoms with Crippen LogP contribution < -0.4 is 0 Å². The average Bonchev–Trinajstić information content (AvgIpc) is 2.25. The number of hydrogen-bond donors (Lipinski definition) is 0. The molecule has 0 aromatic heterocycles. The van der Waals surface area contributed by atoms with E-state index in [0.29, 0.717) is 0 Å². The van der Waals surface area contributed by atoms with Crippen LogP contribution in [0.25, 0.3) is 0 Å². The van der Waals surface area contributed by atoms with Crippen molar-refractivity contribution in [2.75, 3.05) is 0 Å². The summed E-state index contributed by atoms with van der Waals surface area (Å²) in [4.78, 5) is 0. The quantitative estimate of drug-likeness (QED) is 0.316. The molecule has 0 nitrogen and oxygen atoms in total. The van der Waals surface area contributed by atoms with Gasteiger partial charge < -0.3 is 0 Å². The van der Waals surface area contributed by atoms with Crippen LogP contribution in [-0.2, 0) is 0 Å². The van der Waals surface area contributed by atoms with Gasteiger partial charge in [0, 0.05) is 0 Å². The summed E-state index contributed by atoms with van der Waals surface area (Å²) in [6, 6.07) is 0. The molecule has 17 heavy (non-hydrogen) atoms. The summed E-state index contributed by atoms with van der Waals surface area (Å²) < 4.78 is 0. The van der Waals surface area contributed by atoms with Crippen LogP contribution >= 0.6 is 0 Å². The second-order valence-electron chi connectivity index (χ2n) is 5.52. The van der Waals surface area contributed by atoms with Crippen LogP contribution in [0.1, 0.15) is 91.4 Å². The molecule has 0 spiro atoms. The molecule has 0 saturated carbocycles. The Hall–Kier alpha value is 1.00. The molecule has 0 saturated heterocycles. The normalized spacial score (nSPS) is 10.6. The van der Waals surface area contributed by atoms with E-state index in [-0.39, 0.29) is 29.6 Å². The summed E-state index contributed by atoms with van der Waals surface area (Å²) >= 11 is 0. The molecule has 0 aliphatic heterocycles. The molecular formula is C16H34Na. The molecule has 0 aliphatic carbocycles. The minimum absolute atomic E-state index is 0. The molecule has 1 heteroatoms. The van der Waals surface area contributed by atoms with Gasteiger partial charge in [0.25, 0.3) is 0 Å². The third-order valence-electron chi connectivity index (χ3n) is 3.20. The van der Waals surface area contributed by atoms with Crippen LogP contribution in [0.3, 0.4) is 0 Å². The third kappa shape index (κ3) is 19.5. The van der Waals surface area contributed by atoms with Gasteiger partial charge in [0.2, 0.25) is 0 Å². The van der Waals surface area contributed by atoms with Gasteiger partial charge in [-0.2, -0.15) is 0 Å². The summed E-state index contributed by atoms with van der Waals surface area (Å²) in [5.74, 6) is 0.891. The Morgan fingerprint density at radius 2 is 1.29 bits per heavy atom. The second-order valence-corrected chi connectivity index (χ2v) is 5.52. The van der Waals surface area contributed by atoms with E-state index in [2.05, 4.69) is 27.2 Å². The van der Waals surface area contributed by atoms with Crippen LogP contribution in [0.5, 0.6) is 0 Å². The molecule has 99 valence electrons. The fourth-order valence-corrected chi connectivity index (χ4v) is 2.05. The Bertz CT molecular complexity index is 121. The maximum atomic E-state index is 2.52. The zero-order valence-electron chi connectivity index (χ0n) is 11.9. The van der Waals surface area contributed by atoms with Crippen molar-refractivity contribution >= 4 is 29.6 Å². The van der Waals surface area contributed by atoms with Gasteiger partial charge in [-0.3, -0.25) is 0 Å². The standard InChI is InChI=1S/C16H33.Na.H/c1-4-5-6-7-8-9-10-11-12-13-14-15-16(2)3;;/h10,16H,4-9,11-15H2,1-3H3;;. The van der Waals surface area contributed by atoms with E-state index in [4.69, 9.17) is 0 Å². The second kappa shape index (κ2) is 17.0. The SMILES string of the molecule is CCCCCCC[CH]CCCCCC(C)C.[NaH]. The molecule has 0 atom stereocenters. The molecule has 0 N–H and O–H groups in total. The van der Waals surface area contributed by atoms with Crippen molar-refractivity contribution in [3.8, 4) is 0 Å². The van der Waals surface area contributed by atoms with Crippen molar-refractivity contribution in [2.24, 2.45) is 5.92 Å². The monoisotopic (exact) mass is 249 g/mol. The van der Waals surface area contributed by atoms with Gasteiger partial charge in [-0.25, -0.2) is 0 Å². The van der Waals surface area contributed by atoms with Gasteiger partial charge in [0.05, 0.1) is 0 Å². The summed E-state index contributed by atoms with van der Waals surface area (Å²) in [6.07, 6.45) is 18.0. The van der Waals surface area contributed by atoms with Gasteiger partial charge >= 0.3 is 29.6 Å². The van der Waals surface area contributed by atoms with E-state index >= 15 is 0 Å². The van der Waals surface area contributed by atoms with Crippen LogP contribution in [0.4, 0.5) is 0 Å². The summed E-state index contributed by atoms with van der Waals surface area (Å²) in [6.45, 7) is 6.92. The van der Waals surface area contributed by atoms with Gasteiger partial charge in [0.1, 0.15) is 0 Å². The Morgan fingerprint density at radius 3 is 1.82 bits per heavy atom. The number of unbranched alkanes of at least 4 members (excludes halogenated alkanes) is 10. The zero-order chi connectivity index (χ0) is 12.1. The maximum absolute atomic E-state index is 2.52. The van der Waals surface area contributed by atoms with Gasteiger partial charge in [-0.05, 0) is 12.3 Å². The number of hydrogen-bond acceptors (Lipinski definition) is 0. The fourth-order valence-electron chi connectivity index (χ4n) is 2.05. The Morgan fingerprint density at radius 1 is 0.765 bits per heavy atom. The van der Waals surface area contributed by atoms with E-state index in [0.717, 1.165) is 5.92 Å². The Kier molecular flexibility index (Phi) is 20.3. The molecule has 1 radical (unpaired) electrons. The zero-order valence-corrected chi connectivity index (χ0v) is 11.9. The van der Waals surface area contributed by atoms with E-state index in [9.17, 15) is 0 Å². The van der Waals surface area contributed by atoms with Crippen LogP contribution in [0, 0.1) is 12.3 Å². The van der Waals surface area contributed by atoms with Crippen molar-refractivity contribution in [1.82, 2.24) is 0 Å². The number of rotatable bonds is 12. The predicted molar refractivity (Wildman–Crippen MR) is 82.7 cm³/mol. The Balaban J connectivity index is 0. The molecule has 0 fully saturated rings. The summed E-state index contributed by atoms with van der Waals surface area (Å²) in [5.41, 5.74) is 0. The molecule has 0 aliphatic rings. The molecule has 0 bridgehead atoms. The van der Waals surface area contributed by atoms with E-state index in [1.165, 1.54) is 70.6 Å². The van der Waals surface area contributed by atoms with Crippen molar-refractivity contribution < 1.29 is 0 Å². The Labute approximate surface area is 133 Å². The minimum atomic E-state index is 0.